The lowest BCUT2D eigenvalue weighted by Crippen LogP contribution is -2.27. The molecule has 0 spiro atoms. The maximum Gasteiger partial charge on any atom is 0.346 e. The van der Waals surface area contributed by atoms with E-state index in [1.807, 2.05) is 154 Å². The van der Waals surface area contributed by atoms with Gasteiger partial charge in [0.25, 0.3) is 11.1 Å². The van der Waals surface area contributed by atoms with Gasteiger partial charge in [0, 0.05) is 39.6 Å². The smallest absolute Gasteiger partial charge is 0.346 e. The highest BCUT2D eigenvalue weighted by Crippen LogP contribution is 2.41. The molecule has 7 aromatic rings. The third-order valence-electron chi connectivity index (χ3n) is 21.7. The van der Waals surface area contributed by atoms with Crippen molar-refractivity contribution in [1.82, 2.24) is 20.0 Å². The molecule has 0 amide bonds. The van der Waals surface area contributed by atoms with Crippen LogP contribution in [0.25, 0.3) is 27.3 Å². The first-order chi connectivity index (χ1) is 51.1. The number of aromatic amines is 1. The molecular formula is C91H128N4O9. The second-order valence-corrected chi connectivity index (χ2v) is 28.0. The average molecular weight is 1420 g/mol. The van der Waals surface area contributed by atoms with Gasteiger partial charge in [0.2, 0.25) is 0 Å². The van der Waals surface area contributed by atoms with Gasteiger partial charge in [0.15, 0.2) is 5.78 Å². The van der Waals surface area contributed by atoms with Crippen molar-refractivity contribution in [2.75, 3.05) is 0 Å². The highest BCUT2D eigenvalue weighted by atomic mass is 16.6. The lowest BCUT2D eigenvalue weighted by Gasteiger charge is -2.32. The zero-order valence-corrected chi connectivity index (χ0v) is 65.3. The van der Waals surface area contributed by atoms with Crippen molar-refractivity contribution in [3.8, 4) is 0 Å². The molecule has 9 aliphatic rings. The quantitative estimate of drug-likeness (QED) is 0.103. The Morgan fingerprint density at radius 2 is 0.788 bits per heavy atom. The third kappa shape index (κ3) is 24.6. The molecule has 566 valence electrons. The number of Topliss-reactive ketones (excluding diaryl/α,β-unsaturated/α-hetero) is 1. The molecule has 5 aromatic carbocycles. The van der Waals surface area contributed by atoms with Gasteiger partial charge >= 0.3 is 17.9 Å². The first-order valence-corrected chi connectivity index (χ1v) is 41.2. The van der Waals surface area contributed by atoms with Gasteiger partial charge in [-0.3, -0.25) is 14.4 Å². The zero-order valence-electron chi connectivity index (χ0n) is 65.3. The Morgan fingerprint density at radius 3 is 1.27 bits per heavy atom. The number of aliphatic hydroxyl groups is 1. The van der Waals surface area contributed by atoms with Crippen LogP contribution in [-0.2, 0) is 35.5 Å². The Hall–Kier alpha value is -7.80. The van der Waals surface area contributed by atoms with Crippen LogP contribution in [0.15, 0.2) is 136 Å². The minimum Gasteiger partial charge on any atom is -0.507 e. The molecule has 6 fully saturated rings. The van der Waals surface area contributed by atoms with E-state index in [1.54, 1.807) is 60.7 Å². The van der Waals surface area contributed by atoms with Gasteiger partial charge in [-0.1, -0.05) is 340 Å². The number of ether oxygens (including phenoxy) is 2. The van der Waals surface area contributed by atoms with Crippen LogP contribution in [0.1, 0.15) is 332 Å². The van der Waals surface area contributed by atoms with Gasteiger partial charge in [0.05, 0.1) is 38.9 Å². The number of rotatable bonds is 9. The maximum atomic E-state index is 12.9. The number of carbonyl (C=O) groups is 4. The van der Waals surface area contributed by atoms with Gasteiger partial charge in [-0.05, 0) is 97.9 Å². The fraction of sp³-hybridized carbons (Fsp3) is 0.560. The Balaban J connectivity index is 0.000000196. The van der Waals surface area contributed by atoms with Gasteiger partial charge in [0.1, 0.15) is 12.4 Å². The van der Waals surface area contributed by atoms with Gasteiger partial charge in [-0.25, -0.2) is 24.2 Å². The second-order valence-electron chi connectivity index (χ2n) is 28.0. The minimum atomic E-state index is -0.550. The maximum absolute atomic E-state index is 12.9. The fourth-order valence-electron chi connectivity index (χ4n) is 16.4. The molecule has 6 saturated carbocycles. The molecule has 0 radical (unpaired) electrons. The number of allylic oxidation sites excluding steroid dienone is 1. The van der Waals surface area contributed by atoms with E-state index < -0.39 is 11.9 Å². The molecule has 13 heteroatoms. The van der Waals surface area contributed by atoms with Gasteiger partial charge < -0.3 is 14.6 Å². The van der Waals surface area contributed by atoms with E-state index >= 15 is 0 Å². The molecule has 0 bridgehead atoms. The molecule has 13 nitrogen and oxygen atoms in total. The summed E-state index contributed by atoms with van der Waals surface area (Å²) in [6.45, 7) is 21.2. The summed E-state index contributed by atoms with van der Waals surface area (Å²) < 4.78 is 10.9. The number of nitrogens with one attached hydrogen (secondary N) is 1. The molecule has 2 N–H and O–H groups in total. The number of fused-ring (bicyclic) bond motifs is 5. The Kier molecular flexibility index (Phi) is 39.0. The number of cyclic esters (lactones) is 3. The lowest BCUT2D eigenvalue weighted by molar-refractivity contribution is 0.0441. The summed E-state index contributed by atoms with van der Waals surface area (Å²) in [4.78, 5) is 69.4. The van der Waals surface area contributed by atoms with E-state index in [9.17, 15) is 33.9 Å². The summed E-state index contributed by atoms with van der Waals surface area (Å²) in [5, 5.41) is 25.7. The summed E-state index contributed by atoms with van der Waals surface area (Å²) >= 11 is 0. The molecule has 104 heavy (non-hydrogen) atoms. The van der Waals surface area contributed by atoms with Gasteiger partial charge in [-0.2, -0.15) is 10.2 Å². The summed E-state index contributed by atoms with van der Waals surface area (Å²) in [5.41, 5.74) is 6.70. The molecular weight excluding hydrogens is 1290 g/mol. The molecule has 0 atom stereocenters. The number of benzene rings is 5. The van der Waals surface area contributed by atoms with E-state index in [-0.39, 0.29) is 34.5 Å². The van der Waals surface area contributed by atoms with E-state index in [4.69, 9.17) is 9.84 Å². The van der Waals surface area contributed by atoms with Crippen LogP contribution in [-0.4, -0.2) is 48.8 Å². The van der Waals surface area contributed by atoms with Gasteiger partial charge in [-0.15, -0.1) is 0 Å². The lowest BCUT2D eigenvalue weighted by atomic mass is 9.73. The molecule has 0 unspecified atom stereocenters. The average Bonchev–Trinajstić information content (AvgIpc) is 1.58. The van der Waals surface area contributed by atoms with E-state index in [2.05, 4.69) is 21.0 Å². The number of aryl methyl sites for hydroxylation is 1. The van der Waals surface area contributed by atoms with Crippen molar-refractivity contribution < 1.29 is 33.8 Å². The predicted molar refractivity (Wildman–Crippen MR) is 429 cm³/mol. The Labute approximate surface area is 623 Å². The van der Waals surface area contributed by atoms with Crippen molar-refractivity contribution in [1.29, 1.82) is 0 Å². The monoisotopic (exact) mass is 1420 g/mol. The van der Waals surface area contributed by atoms with Crippen LogP contribution in [0, 0.1) is 35.5 Å². The summed E-state index contributed by atoms with van der Waals surface area (Å²) in [6, 6.07) is 37.2. The predicted octanol–water partition coefficient (Wildman–Crippen LogP) is 23.9. The minimum absolute atomic E-state index is 0.0463. The molecule has 7 aliphatic carbocycles. The molecule has 0 saturated heterocycles. The molecule has 2 aliphatic heterocycles. The van der Waals surface area contributed by atoms with Crippen molar-refractivity contribution in [3.05, 3.63) is 192 Å². The number of hydrogen-bond donors (Lipinski definition) is 2. The number of hydrogen-bond acceptors (Lipinski definition) is 11. The number of aliphatic hydroxyl groups excluding tert-OH is 1. The number of nitrogens with zero attached hydrogens (tertiary/aromatic N) is 3. The highest BCUT2D eigenvalue weighted by molar-refractivity contribution is 6.19. The van der Waals surface area contributed by atoms with E-state index in [0.29, 0.717) is 34.4 Å². The van der Waals surface area contributed by atoms with E-state index in [0.717, 1.165) is 112 Å². The SMILES string of the molecule is C1CCC(C2CCCCC2)CC1.CC.CC.CC.CC.CC.O=C1C(C2CCCCC2)=C(O)c2ccccc21.O=C1OC(=O)c2ccccc21.O=C1OCc2ccccc21.O=c1[nH]nc(CC2CCCCC2)c2ccccc12.O=c1c2ccccc2c(CC2CCCCC2)nn1CCC1CCCCC1. The number of aromatic nitrogens is 4. The summed E-state index contributed by atoms with van der Waals surface area (Å²) in [6.07, 6.45) is 44.3. The first kappa shape index (κ1) is 85.1. The number of esters is 3. The highest BCUT2D eigenvalue weighted by Gasteiger charge is 2.35. The Bertz CT molecular complexity index is 3800. The van der Waals surface area contributed by atoms with Crippen molar-refractivity contribution in [2.24, 2.45) is 35.5 Å². The topological polar surface area (TPSA) is 188 Å². The molecule has 16 rings (SSSR count). The zero-order chi connectivity index (χ0) is 75.0. The summed E-state index contributed by atoms with van der Waals surface area (Å²) in [5.74, 6) is 3.78. The van der Waals surface area contributed by atoms with Crippen molar-refractivity contribution in [2.45, 2.75) is 294 Å². The normalized spacial score (nSPS) is 17.9. The van der Waals surface area contributed by atoms with Crippen LogP contribution in [0.2, 0.25) is 0 Å². The largest absolute Gasteiger partial charge is 0.507 e. The van der Waals surface area contributed by atoms with Crippen LogP contribution < -0.4 is 11.1 Å². The summed E-state index contributed by atoms with van der Waals surface area (Å²) in [7, 11) is 0. The number of H-pyrrole nitrogens is 1. The second kappa shape index (κ2) is 47.6. The number of ketones is 1. The van der Waals surface area contributed by atoms with Crippen LogP contribution in [0.3, 0.4) is 0 Å². The fourth-order valence-corrected chi connectivity index (χ4v) is 16.4. The third-order valence-corrected chi connectivity index (χ3v) is 21.7. The van der Waals surface area contributed by atoms with Crippen LogP contribution >= 0.6 is 0 Å². The first-order valence-electron chi connectivity index (χ1n) is 41.2. The van der Waals surface area contributed by atoms with E-state index in [1.165, 1.54) is 154 Å². The van der Waals surface area contributed by atoms with Crippen LogP contribution in [0.4, 0.5) is 0 Å². The standard InChI is InChI=1S/C23H32N2O.C15H18N2O.C15H16O2.C12H22.C8H4O3.C8H6O2.5C2H6/c26-23-21-14-8-7-13-20(21)22(17-19-11-5-2-6-12-19)24-25(23)16-15-18-9-3-1-4-10-18;18-15-13-9-5-4-8-12(13)14(16-17-15)10-11-6-2-1-3-7-11;16-14-11-8-4-5-9-12(11)15(17)13(14)10-6-2-1-3-7-10;1-3-7-11(8-4-1)12-9-5-2-6-10-12;9-7-5-3-1-2-4-6(5)8(10)11-7;9-8-7-4-2-1-3-6(7)5-10-8;5*1-2/h7-8,13-14,18-19H,1-6,9-12,15-17H2;4-5,8-9,11H,1-3,6-7,10H2,(H,17,18);4-5,8-10,16H,1-3,6-7H2;11-12H,1-10H2;1-4H;1-4H,5H2;5*1-2H3. The van der Waals surface area contributed by atoms with Crippen LogP contribution in [0.5, 0.6) is 0 Å². The molecule has 4 heterocycles. The van der Waals surface area contributed by atoms with Crippen molar-refractivity contribution in [3.63, 3.8) is 0 Å². The number of carbonyl (C=O) groups excluding carboxylic acids is 4. The molecule has 2 aromatic heterocycles. The van der Waals surface area contributed by atoms with Crippen molar-refractivity contribution >= 4 is 51.0 Å². The Morgan fingerprint density at radius 1 is 0.404 bits per heavy atom.